The molecule has 2 unspecified atom stereocenters. The largest absolute Gasteiger partial charge is 0.383 e. The lowest BCUT2D eigenvalue weighted by atomic mass is 9.93. The van der Waals surface area contributed by atoms with Crippen molar-refractivity contribution < 1.29 is 0 Å². The molecule has 1 saturated heterocycles. The fraction of sp³-hybridized carbons (Fsp3) is 0.636. The first kappa shape index (κ1) is 11.6. The minimum atomic E-state index is 0.509. The zero-order chi connectivity index (χ0) is 11.7. The van der Waals surface area contributed by atoms with Crippen LogP contribution in [0.3, 0.4) is 0 Å². The van der Waals surface area contributed by atoms with Crippen molar-refractivity contribution in [2.75, 3.05) is 17.2 Å². The minimum absolute atomic E-state index is 0.509. The maximum Gasteiger partial charge on any atom is 0.148 e. The summed E-state index contributed by atoms with van der Waals surface area (Å²) in [6.07, 6.45) is 3.94. The number of hydrogen-bond acceptors (Lipinski definition) is 4. The molecule has 1 fully saturated rings. The zero-order valence-corrected chi connectivity index (χ0v) is 11.2. The maximum absolute atomic E-state index is 5.78. The molecule has 2 atom stereocenters. The fourth-order valence-electron chi connectivity index (χ4n) is 2.30. The van der Waals surface area contributed by atoms with Gasteiger partial charge in [-0.05, 0) is 41.6 Å². The second-order valence-electron chi connectivity index (χ2n) is 4.57. The number of aromatic nitrogens is 2. The lowest BCUT2D eigenvalue weighted by molar-refractivity contribution is 0.375. The number of hydrogen-bond donors (Lipinski definition) is 1. The molecule has 2 N–H and O–H groups in total. The first-order valence-electron chi connectivity index (χ1n) is 5.62. The molecule has 0 bridgehead atoms. The van der Waals surface area contributed by atoms with Crippen LogP contribution < -0.4 is 10.6 Å². The Balaban J connectivity index is 2.27. The highest BCUT2D eigenvalue weighted by Gasteiger charge is 2.25. The summed E-state index contributed by atoms with van der Waals surface area (Å²) >= 11 is 3.47. The Hall–Kier alpha value is -0.840. The third-order valence-corrected chi connectivity index (χ3v) is 3.97. The van der Waals surface area contributed by atoms with E-state index in [0.29, 0.717) is 11.9 Å². The van der Waals surface area contributed by atoms with Crippen LogP contribution in [0.25, 0.3) is 0 Å². The first-order chi connectivity index (χ1) is 7.59. The molecule has 0 saturated carbocycles. The molecule has 0 aliphatic carbocycles. The van der Waals surface area contributed by atoms with Crippen molar-refractivity contribution in [3.05, 3.63) is 10.8 Å². The van der Waals surface area contributed by atoms with E-state index in [1.807, 2.05) is 0 Å². The van der Waals surface area contributed by atoms with Crippen LogP contribution in [-0.2, 0) is 0 Å². The van der Waals surface area contributed by atoms with Crippen molar-refractivity contribution >= 4 is 27.6 Å². The molecule has 1 aromatic rings. The van der Waals surface area contributed by atoms with Gasteiger partial charge in [0.1, 0.15) is 22.4 Å². The van der Waals surface area contributed by atoms with Crippen molar-refractivity contribution in [3.8, 4) is 0 Å². The molecule has 0 spiro atoms. The van der Waals surface area contributed by atoms with E-state index in [9.17, 15) is 0 Å². The number of halogens is 1. The van der Waals surface area contributed by atoms with Crippen LogP contribution in [0.4, 0.5) is 11.6 Å². The second-order valence-corrected chi connectivity index (χ2v) is 5.36. The summed E-state index contributed by atoms with van der Waals surface area (Å²) in [6, 6.07) is 0.509. The molecule has 0 radical (unpaired) electrons. The van der Waals surface area contributed by atoms with Gasteiger partial charge in [0.25, 0.3) is 0 Å². The molecule has 0 amide bonds. The van der Waals surface area contributed by atoms with Gasteiger partial charge in [0.15, 0.2) is 0 Å². The highest BCUT2D eigenvalue weighted by molar-refractivity contribution is 9.10. The van der Waals surface area contributed by atoms with Crippen molar-refractivity contribution in [2.24, 2.45) is 5.92 Å². The predicted octanol–water partition coefficient (Wildman–Crippen LogP) is 2.45. The van der Waals surface area contributed by atoms with E-state index in [2.05, 4.69) is 44.6 Å². The first-order valence-corrected chi connectivity index (χ1v) is 6.41. The van der Waals surface area contributed by atoms with Gasteiger partial charge < -0.3 is 10.6 Å². The van der Waals surface area contributed by atoms with Crippen LogP contribution in [0, 0.1) is 5.92 Å². The van der Waals surface area contributed by atoms with Crippen LogP contribution in [0.2, 0.25) is 0 Å². The van der Waals surface area contributed by atoms with Gasteiger partial charge in [-0.25, -0.2) is 9.97 Å². The van der Waals surface area contributed by atoms with Crippen molar-refractivity contribution in [1.29, 1.82) is 0 Å². The molecule has 1 aliphatic rings. The Kier molecular flexibility index (Phi) is 3.33. The Morgan fingerprint density at radius 3 is 2.88 bits per heavy atom. The van der Waals surface area contributed by atoms with Gasteiger partial charge in [-0.15, -0.1) is 0 Å². The quantitative estimate of drug-likeness (QED) is 0.861. The van der Waals surface area contributed by atoms with Gasteiger partial charge in [-0.3, -0.25) is 0 Å². The molecule has 2 rings (SSSR count). The summed E-state index contributed by atoms with van der Waals surface area (Å²) in [4.78, 5) is 10.6. The minimum Gasteiger partial charge on any atom is -0.383 e. The molecule has 2 heterocycles. The average molecular weight is 285 g/mol. The lowest BCUT2D eigenvalue weighted by Gasteiger charge is -2.37. The van der Waals surface area contributed by atoms with Crippen molar-refractivity contribution in [2.45, 2.75) is 32.7 Å². The smallest absolute Gasteiger partial charge is 0.148 e. The number of nitrogen functional groups attached to an aromatic ring is 1. The normalized spacial score (nSPS) is 25.8. The van der Waals surface area contributed by atoms with E-state index in [-0.39, 0.29) is 0 Å². The lowest BCUT2D eigenvalue weighted by Crippen LogP contribution is -2.41. The van der Waals surface area contributed by atoms with Gasteiger partial charge in [0.05, 0.1) is 0 Å². The summed E-state index contributed by atoms with van der Waals surface area (Å²) in [5.74, 6) is 2.23. The van der Waals surface area contributed by atoms with Gasteiger partial charge in [-0.2, -0.15) is 0 Å². The summed E-state index contributed by atoms with van der Waals surface area (Å²) in [5, 5.41) is 0. The highest BCUT2D eigenvalue weighted by Crippen LogP contribution is 2.33. The molecule has 4 nitrogen and oxygen atoms in total. The summed E-state index contributed by atoms with van der Waals surface area (Å²) in [7, 11) is 0. The standard InChI is InChI=1S/C11H17BrN4/c1-7-3-4-16(8(2)5-7)11-9(12)10(13)14-6-15-11/h6-8H,3-5H2,1-2H3,(H2,13,14,15). The van der Waals surface area contributed by atoms with E-state index in [1.165, 1.54) is 19.2 Å². The molecule has 0 aromatic carbocycles. The number of nitrogens with zero attached hydrogens (tertiary/aromatic N) is 3. The molecular formula is C11H17BrN4. The van der Waals surface area contributed by atoms with Crippen molar-refractivity contribution in [3.63, 3.8) is 0 Å². The molecule has 5 heteroatoms. The Morgan fingerprint density at radius 2 is 2.19 bits per heavy atom. The number of piperidine rings is 1. The average Bonchev–Trinajstić information content (AvgIpc) is 2.23. The zero-order valence-electron chi connectivity index (χ0n) is 9.65. The van der Waals surface area contributed by atoms with Crippen LogP contribution in [0.15, 0.2) is 10.8 Å². The van der Waals surface area contributed by atoms with E-state index in [4.69, 9.17) is 5.73 Å². The molecule has 16 heavy (non-hydrogen) atoms. The van der Waals surface area contributed by atoms with Crippen LogP contribution >= 0.6 is 15.9 Å². The van der Waals surface area contributed by atoms with Crippen molar-refractivity contribution in [1.82, 2.24) is 9.97 Å². The third-order valence-electron chi connectivity index (χ3n) is 3.21. The molecule has 88 valence electrons. The predicted molar refractivity (Wildman–Crippen MR) is 69.4 cm³/mol. The van der Waals surface area contributed by atoms with E-state index in [1.54, 1.807) is 0 Å². The van der Waals surface area contributed by atoms with Gasteiger partial charge in [0.2, 0.25) is 0 Å². The summed E-state index contributed by atoms with van der Waals surface area (Å²) in [6.45, 7) is 5.58. The van der Waals surface area contributed by atoms with Gasteiger partial charge in [0, 0.05) is 12.6 Å². The molecule has 1 aliphatic heterocycles. The van der Waals surface area contributed by atoms with Gasteiger partial charge in [-0.1, -0.05) is 6.92 Å². The maximum atomic E-state index is 5.78. The Bertz CT molecular complexity index is 382. The van der Waals surface area contributed by atoms with E-state index < -0.39 is 0 Å². The Labute approximate surface area is 104 Å². The second kappa shape index (κ2) is 4.57. The number of rotatable bonds is 1. The Morgan fingerprint density at radius 1 is 1.44 bits per heavy atom. The number of nitrogens with two attached hydrogens (primary N) is 1. The van der Waals surface area contributed by atoms with Crippen LogP contribution in [0.5, 0.6) is 0 Å². The third kappa shape index (κ3) is 2.14. The highest BCUT2D eigenvalue weighted by atomic mass is 79.9. The van der Waals surface area contributed by atoms with E-state index in [0.717, 1.165) is 22.8 Å². The summed E-state index contributed by atoms with van der Waals surface area (Å²) < 4.78 is 0.816. The monoisotopic (exact) mass is 284 g/mol. The van der Waals surface area contributed by atoms with Crippen LogP contribution in [-0.4, -0.2) is 22.6 Å². The number of anilines is 2. The van der Waals surface area contributed by atoms with E-state index >= 15 is 0 Å². The SMILES string of the molecule is CC1CCN(c2ncnc(N)c2Br)C(C)C1. The topological polar surface area (TPSA) is 55.0 Å². The molecule has 1 aromatic heterocycles. The molecular weight excluding hydrogens is 268 g/mol. The van der Waals surface area contributed by atoms with Gasteiger partial charge >= 0.3 is 0 Å². The fourth-order valence-corrected chi connectivity index (χ4v) is 2.73. The summed E-state index contributed by atoms with van der Waals surface area (Å²) in [5.41, 5.74) is 5.78. The van der Waals surface area contributed by atoms with Crippen LogP contribution in [0.1, 0.15) is 26.7 Å².